The van der Waals surface area contributed by atoms with Crippen molar-refractivity contribution in [2.75, 3.05) is 37.0 Å². The van der Waals surface area contributed by atoms with E-state index in [2.05, 4.69) is 113 Å². The number of aromatic nitrogens is 1. The minimum Gasteiger partial charge on any atom is -1.00 e. The van der Waals surface area contributed by atoms with E-state index in [9.17, 15) is 4.39 Å². The Balaban J connectivity index is 0.00000529. The van der Waals surface area contributed by atoms with E-state index >= 15 is 0 Å². The lowest BCUT2D eigenvalue weighted by atomic mass is 9.99. The fraction of sp³-hybridized carbons (Fsp3) is 0.270. The number of nitrogens with zero attached hydrogens (tertiary/aromatic N) is 5. The van der Waals surface area contributed by atoms with Gasteiger partial charge in [0.1, 0.15) is 5.82 Å². The SMILES string of the molecule is CC(C)C[n+]1c(/C=C/c2ccc(N(C)CCC#N)cc2)cc(-c2ccc(N(C)CCC#N)cc2)cc1-c1ccc(F)cc1.[I-]. The van der Waals surface area contributed by atoms with Gasteiger partial charge in [-0.25, -0.2) is 4.39 Å². The second-order valence-corrected chi connectivity index (χ2v) is 11.2. The van der Waals surface area contributed by atoms with Crippen LogP contribution in [0.4, 0.5) is 15.8 Å². The number of hydrogen-bond donors (Lipinski definition) is 0. The summed E-state index contributed by atoms with van der Waals surface area (Å²) < 4.78 is 16.2. The third-order valence-electron chi connectivity index (χ3n) is 7.43. The zero-order valence-electron chi connectivity index (χ0n) is 25.8. The van der Waals surface area contributed by atoms with Gasteiger partial charge < -0.3 is 33.8 Å². The molecule has 0 saturated carbocycles. The van der Waals surface area contributed by atoms with Crippen molar-refractivity contribution in [1.29, 1.82) is 10.5 Å². The third-order valence-corrected chi connectivity index (χ3v) is 7.43. The van der Waals surface area contributed by atoms with Crippen LogP contribution >= 0.6 is 0 Å². The van der Waals surface area contributed by atoms with Gasteiger partial charge in [-0.2, -0.15) is 15.1 Å². The Morgan fingerprint density at radius 2 is 1.25 bits per heavy atom. The lowest BCUT2D eigenvalue weighted by molar-refractivity contribution is -0.693. The first-order chi connectivity index (χ1) is 20.8. The van der Waals surface area contributed by atoms with Gasteiger partial charge in [-0.3, -0.25) is 0 Å². The molecule has 0 amide bonds. The number of benzene rings is 3. The lowest BCUT2D eigenvalue weighted by Crippen LogP contribution is -3.00. The van der Waals surface area contributed by atoms with Gasteiger partial charge in [-0.1, -0.05) is 38.1 Å². The van der Waals surface area contributed by atoms with E-state index in [0.717, 1.165) is 51.6 Å². The molecule has 0 radical (unpaired) electrons. The summed E-state index contributed by atoms with van der Waals surface area (Å²) in [5.41, 5.74) is 8.39. The minimum atomic E-state index is -0.256. The van der Waals surface area contributed by atoms with Crippen LogP contribution in [0.25, 0.3) is 34.5 Å². The van der Waals surface area contributed by atoms with Crippen molar-refractivity contribution in [2.24, 2.45) is 5.92 Å². The average Bonchev–Trinajstić information content (AvgIpc) is 3.02. The van der Waals surface area contributed by atoms with E-state index in [1.165, 1.54) is 12.1 Å². The second kappa shape index (κ2) is 16.6. The van der Waals surface area contributed by atoms with E-state index in [0.29, 0.717) is 31.8 Å². The molecule has 0 bridgehead atoms. The Kier molecular flexibility index (Phi) is 12.9. The molecule has 3 aromatic carbocycles. The van der Waals surface area contributed by atoms with Crippen LogP contribution in [0.1, 0.15) is 37.9 Å². The van der Waals surface area contributed by atoms with Crippen molar-refractivity contribution < 1.29 is 32.9 Å². The number of rotatable bonds is 12. The molecular formula is C37H39FIN5. The number of hydrogen-bond acceptors (Lipinski definition) is 4. The molecule has 0 spiro atoms. The highest BCUT2D eigenvalue weighted by Gasteiger charge is 2.21. The van der Waals surface area contributed by atoms with Gasteiger partial charge in [0.25, 0.3) is 0 Å². The zero-order chi connectivity index (χ0) is 30.8. The smallest absolute Gasteiger partial charge is 0.213 e. The molecule has 226 valence electrons. The molecule has 0 fully saturated rings. The summed E-state index contributed by atoms with van der Waals surface area (Å²) in [4.78, 5) is 4.16. The molecule has 1 heterocycles. The molecule has 44 heavy (non-hydrogen) atoms. The highest BCUT2D eigenvalue weighted by Crippen LogP contribution is 2.28. The maximum absolute atomic E-state index is 13.9. The first-order valence-corrected chi connectivity index (χ1v) is 14.7. The van der Waals surface area contributed by atoms with Crippen molar-refractivity contribution in [3.05, 3.63) is 102 Å². The zero-order valence-corrected chi connectivity index (χ0v) is 28.0. The lowest BCUT2D eigenvalue weighted by Gasteiger charge is -2.18. The van der Waals surface area contributed by atoms with Crippen LogP contribution in [-0.2, 0) is 6.54 Å². The number of nitriles is 2. The van der Waals surface area contributed by atoms with E-state index in [1.807, 2.05) is 26.2 Å². The predicted octanol–water partition coefficient (Wildman–Crippen LogP) is 4.98. The molecule has 5 nitrogen and oxygen atoms in total. The van der Waals surface area contributed by atoms with E-state index < -0.39 is 0 Å². The molecular weight excluding hydrogens is 660 g/mol. The minimum absolute atomic E-state index is 0. The Labute approximate surface area is 278 Å². The Morgan fingerprint density at radius 3 is 1.77 bits per heavy atom. The van der Waals surface area contributed by atoms with E-state index in [-0.39, 0.29) is 29.8 Å². The Morgan fingerprint density at radius 1 is 0.727 bits per heavy atom. The summed E-state index contributed by atoms with van der Waals surface area (Å²) in [7, 11) is 3.99. The van der Waals surface area contributed by atoms with Crippen molar-refractivity contribution in [3.8, 4) is 34.5 Å². The summed E-state index contributed by atoms with van der Waals surface area (Å²) in [5, 5.41) is 17.9. The fourth-order valence-electron chi connectivity index (χ4n) is 5.00. The Bertz CT molecular complexity index is 1620. The van der Waals surface area contributed by atoms with Crippen LogP contribution in [-0.4, -0.2) is 27.2 Å². The van der Waals surface area contributed by atoms with Crippen molar-refractivity contribution in [1.82, 2.24) is 0 Å². The van der Waals surface area contributed by atoms with Crippen LogP contribution in [0.3, 0.4) is 0 Å². The largest absolute Gasteiger partial charge is 1.00 e. The summed E-state index contributed by atoms with van der Waals surface area (Å²) in [5.74, 6) is 0.141. The normalized spacial score (nSPS) is 10.7. The first kappa shape index (κ1) is 34.3. The molecule has 0 aliphatic carbocycles. The molecule has 0 atom stereocenters. The van der Waals surface area contributed by atoms with Crippen LogP contribution in [0.5, 0.6) is 0 Å². The highest BCUT2D eigenvalue weighted by atomic mass is 127. The maximum atomic E-state index is 13.9. The maximum Gasteiger partial charge on any atom is 0.213 e. The average molecular weight is 700 g/mol. The fourth-order valence-corrected chi connectivity index (χ4v) is 5.00. The summed E-state index contributed by atoms with van der Waals surface area (Å²) in [6, 6.07) is 32.3. The summed E-state index contributed by atoms with van der Waals surface area (Å²) in [6.45, 7) is 6.57. The van der Waals surface area contributed by atoms with Gasteiger partial charge in [0.05, 0.1) is 25.0 Å². The van der Waals surface area contributed by atoms with Crippen molar-refractivity contribution in [2.45, 2.75) is 33.2 Å². The molecule has 1 aromatic heterocycles. The highest BCUT2D eigenvalue weighted by molar-refractivity contribution is 5.75. The van der Waals surface area contributed by atoms with Gasteiger partial charge in [-0.05, 0) is 71.3 Å². The topological polar surface area (TPSA) is 57.9 Å². The monoisotopic (exact) mass is 699 g/mol. The molecule has 7 heteroatoms. The van der Waals surface area contributed by atoms with E-state index in [4.69, 9.17) is 10.5 Å². The van der Waals surface area contributed by atoms with Crippen LogP contribution in [0, 0.1) is 34.4 Å². The molecule has 4 aromatic rings. The van der Waals surface area contributed by atoms with Crippen LogP contribution in [0.15, 0.2) is 84.9 Å². The molecule has 0 unspecified atom stereocenters. The molecule has 0 saturated heterocycles. The molecule has 4 rings (SSSR count). The first-order valence-electron chi connectivity index (χ1n) is 14.7. The quantitative estimate of drug-likeness (QED) is 0.155. The summed E-state index contributed by atoms with van der Waals surface area (Å²) in [6.07, 6.45) is 5.24. The second-order valence-electron chi connectivity index (χ2n) is 11.2. The number of halogens is 2. The van der Waals surface area contributed by atoms with Crippen LogP contribution in [0.2, 0.25) is 0 Å². The van der Waals surface area contributed by atoms with Gasteiger partial charge in [-0.15, -0.1) is 0 Å². The molecule has 0 N–H and O–H groups in total. The number of pyridine rings is 1. The third kappa shape index (κ3) is 9.14. The van der Waals surface area contributed by atoms with Crippen LogP contribution < -0.4 is 38.3 Å². The summed E-state index contributed by atoms with van der Waals surface area (Å²) >= 11 is 0. The van der Waals surface area contributed by atoms with Gasteiger partial charge in [0.15, 0.2) is 6.54 Å². The number of anilines is 2. The standard InChI is InChI=1S/C37H39FN5.HI/c1-28(2)27-43-36(18-9-29-7-16-34(17-8-29)41(3)23-5-21-39)25-32(26-37(43)31-10-14-33(38)15-11-31)30-12-19-35(20-13-30)42(4)24-6-22-40;/h7-20,25-26,28H,5-6,23-24,27H2,1-4H3;1H/q+1;/p-1. The van der Waals surface area contributed by atoms with Gasteiger partial charge in [0.2, 0.25) is 11.4 Å². The predicted molar refractivity (Wildman–Crippen MR) is 175 cm³/mol. The van der Waals surface area contributed by atoms with Gasteiger partial charge in [0, 0.05) is 68.2 Å². The van der Waals surface area contributed by atoms with Crippen molar-refractivity contribution in [3.63, 3.8) is 0 Å². The Hall–Kier alpha value is -4.21. The molecule has 0 aliphatic heterocycles. The van der Waals surface area contributed by atoms with Gasteiger partial charge >= 0.3 is 0 Å². The van der Waals surface area contributed by atoms with Crippen molar-refractivity contribution >= 4 is 23.5 Å². The molecule has 0 aliphatic rings. The van der Waals surface area contributed by atoms with E-state index in [1.54, 1.807) is 0 Å².